The number of aryl methyl sites for hydroxylation is 2. The van der Waals surface area contributed by atoms with E-state index < -0.39 is 0 Å². The number of nitrogens with zero attached hydrogens (tertiary/aromatic N) is 2. The molecule has 1 aliphatic carbocycles. The number of carbonyl (C=O) groups excluding carboxylic acids is 1. The van der Waals surface area contributed by atoms with Crippen molar-refractivity contribution in [3.8, 4) is 0 Å². The summed E-state index contributed by atoms with van der Waals surface area (Å²) in [5, 5.41) is 2.93. The highest BCUT2D eigenvalue weighted by Gasteiger charge is 2.22. The Bertz CT molecular complexity index is 1050. The lowest BCUT2D eigenvalue weighted by molar-refractivity contribution is 0.0938. The van der Waals surface area contributed by atoms with Crippen LogP contribution < -0.4 is 10.9 Å². The highest BCUT2D eigenvalue weighted by Crippen LogP contribution is 2.28. The molecule has 1 atom stereocenters. The number of hydrogen-bond donors (Lipinski definition) is 1. The topological polar surface area (TPSA) is 63.5 Å². The van der Waals surface area contributed by atoms with Crippen LogP contribution in [0.2, 0.25) is 0 Å². The lowest BCUT2D eigenvalue weighted by Crippen LogP contribution is -2.33. The molecule has 1 N–H and O–H groups in total. The van der Waals surface area contributed by atoms with Crippen LogP contribution in [0.3, 0.4) is 0 Å². The Morgan fingerprint density at radius 1 is 1.26 bits per heavy atom. The van der Waals surface area contributed by atoms with Gasteiger partial charge in [0.15, 0.2) is 4.96 Å². The normalized spacial score (nSPS) is 14.7. The summed E-state index contributed by atoms with van der Waals surface area (Å²) in [6.45, 7) is 1.92. The zero-order chi connectivity index (χ0) is 19.0. The molecule has 0 aliphatic heterocycles. The average Bonchev–Trinajstić information content (AvgIpc) is 3.07. The fraction of sp³-hybridized carbons (Fsp3) is 0.350. The molecule has 3 aromatic rings. The number of hydrogen-bond acceptors (Lipinski definition) is 5. The van der Waals surface area contributed by atoms with Gasteiger partial charge in [-0.3, -0.25) is 14.0 Å². The van der Waals surface area contributed by atoms with Gasteiger partial charge in [0.25, 0.3) is 11.5 Å². The summed E-state index contributed by atoms with van der Waals surface area (Å²) in [5.41, 5.74) is 1.88. The largest absolute Gasteiger partial charge is 0.345 e. The van der Waals surface area contributed by atoms with Gasteiger partial charge in [-0.1, -0.05) is 12.1 Å². The van der Waals surface area contributed by atoms with E-state index in [0.29, 0.717) is 4.96 Å². The number of fused-ring (bicyclic) bond motifs is 3. The van der Waals surface area contributed by atoms with Gasteiger partial charge in [-0.05, 0) is 56.6 Å². The van der Waals surface area contributed by atoms with Crippen molar-refractivity contribution in [1.29, 1.82) is 0 Å². The van der Waals surface area contributed by atoms with Gasteiger partial charge in [0.05, 0.1) is 6.04 Å². The minimum atomic E-state index is -0.376. The minimum Gasteiger partial charge on any atom is -0.345 e. The molecule has 2 heterocycles. The lowest BCUT2D eigenvalue weighted by Gasteiger charge is -2.15. The third kappa shape index (κ3) is 3.41. The van der Waals surface area contributed by atoms with Crippen LogP contribution in [-0.4, -0.2) is 21.5 Å². The number of thiazole rings is 1. The Morgan fingerprint density at radius 3 is 2.74 bits per heavy atom. The average molecular weight is 400 g/mol. The molecule has 2 aromatic heterocycles. The molecule has 0 fully saturated rings. The van der Waals surface area contributed by atoms with Crippen LogP contribution in [-0.2, 0) is 12.8 Å². The number of rotatable bonds is 4. The second kappa shape index (κ2) is 7.48. The quantitative estimate of drug-likeness (QED) is 0.677. The van der Waals surface area contributed by atoms with Crippen molar-refractivity contribution in [2.24, 2.45) is 0 Å². The predicted octanol–water partition coefficient (Wildman–Crippen LogP) is 3.85. The molecule has 0 radical (unpaired) electrons. The van der Waals surface area contributed by atoms with Crippen LogP contribution in [0, 0.1) is 0 Å². The van der Waals surface area contributed by atoms with Gasteiger partial charge in [0.1, 0.15) is 5.56 Å². The van der Waals surface area contributed by atoms with Crippen LogP contribution in [0.15, 0.2) is 40.2 Å². The molecule has 7 heteroatoms. The Hall–Kier alpha value is -2.12. The molecule has 1 aromatic carbocycles. The second-order valence-electron chi connectivity index (χ2n) is 6.74. The van der Waals surface area contributed by atoms with Crippen LogP contribution in [0.25, 0.3) is 4.96 Å². The molecular weight excluding hydrogens is 378 g/mol. The second-order valence-corrected chi connectivity index (χ2v) is 8.68. The van der Waals surface area contributed by atoms with Crippen molar-refractivity contribution < 1.29 is 4.79 Å². The van der Waals surface area contributed by atoms with Gasteiger partial charge in [0, 0.05) is 21.7 Å². The standard InChI is InChI=1S/C20H21N3O2S2/c1-12(13-7-9-14(26-2)10-8-13)22-18(24)15-11-21-20-23(19(15)25)16-5-3-4-6-17(16)27-20/h7-12H,3-6H2,1-2H3,(H,22,24)/t12-/m0/s1. The Morgan fingerprint density at radius 2 is 2.00 bits per heavy atom. The number of nitrogens with one attached hydrogen (secondary N) is 1. The van der Waals surface area contributed by atoms with Crippen LogP contribution in [0.4, 0.5) is 0 Å². The van der Waals surface area contributed by atoms with Crippen molar-refractivity contribution in [2.45, 2.75) is 43.5 Å². The monoisotopic (exact) mass is 399 g/mol. The molecule has 5 nitrogen and oxygen atoms in total. The molecule has 0 spiro atoms. The van der Waals surface area contributed by atoms with Crippen molar-refractivity contribution >= 4 is 34.0 Å². The molecule has 1 amide bonds. The summed E-state index contributed by atoms with van der Waals surface area (Å²) in [5.74, 6) is -0.376. The van der Waals surface area contributed by atoms with Crippen molar-refractivity contribution in [1.82, 2.24) is 14.7 Å². The molecular formula is C20H21N3O2S2. The number of carbonyl (C=O) groups is 1. The number of aromatic nitrogens is 2. The van der Waals surface area contributed by atoms with Gasteiger partial charge in [-0.2, -0.15) is 0 Å². The van der Waals surface area contributed by atoms with E-state index in [1.807, 2.05) is 37.4 Å². The molecule has 140 valence electrons. The molecule has 0 saturated carbocycles. The smallest absolute Gasteiger partial charge is 0.271 e. The summed E-state index contributed by atoms with van der Waals surface area (Å²) in [4.78, 5) is 33.2. The van der Waals surface area contributed by atoms with Gasteiger partial charge in [-0.25, -0.2) is 4.98 Å². The minimum absolute atomic E-state index is 0.103. The molecule has 4 rings (SSSR count). The molecule has 0 saturated heterocycles. The fourth-order valence-electron chi connectivity index (χ4n) is 3.47. The Balaban J connectivity index is 1.62. The van der Waals surface area contributed by atoms with E-state index in [9.17, 15) is 9.59 Å². The number of benzene rings is 1. The van der Waals surface area contributed by atoms with Crippen molar-refractivity contribution in [3.63, 3.8) is 0 Å². The summed E-state index contributed by atoms with van der Waals surface area (Å²) in [7, 11) is 0. The first-order valence-electron chi connectivity index (χ1n) is 9.05. The molecule has 27 heavy (non-hydrogen) atoms. The Labute approximate surface area is 165 Å². The zero-order valence-corrected chi connectivity index (χ0v) is 17.0. The summed E-state index contributed by atoms with van der Waals surface area (Å²) in [6.07, 6.45) is 7.53. The molecule has 0 bridgehead atoms. The highest BCUT2D eigenvalue weighted by molar-refractivity contribution is 7.98. The fourth-order valence-corrected chi connectivity index (χ4v) is 5.05. The molecule has 1 aliphatic rings. The van der Waals surface area contributed by atoms with E-state index in [1.54, 1.807) is 27.5 Å². The van der Waals surface area contributed by atoms with Crippen LogP contribution >= 0.6 is 23.1 Å². The third-order valence-corrected chi connectivity index (χ3v) is 6.91. The highest BCUT2D eigenvalue weighted by atomic mass is 32.2. The van der Waals surface area contributed by atoms with Crippen LogP contribution in [0.5, 0.6) is 0 Å². The maximum absolute atomic E-state index is 13.0. The lowest BCUT2D eigenvalue weighted by atomic mass is 10.0. The van der Waals surface area contributed by atoms with E-state index in [0.717, 1.165) is 36.9 Å². The van der Waals surface area contributed by atoms with E-state index in [-0.39, 0.29) is 23.1 Å². The maximum atomic E-state index is 13.0. The van der Waals surface area contributed by atoms with E-state index in [2.05, 4.69) is 10.3 Å². The van der Waals surface area contributed by atoms with Gasteiger partial charge >= 0.3 is 0 Å². The first-order valence-corrected chi connectivity index (χ1v) is 11.1. The summed E-state index contributed by atoms with van der Waals surface area (Å²) >= 11 is 3.24. The van der Waals surface area contributed by atoms with Crippen LogP contribution in [0.1, 0.15) is 52.3 Å². The number of thioether (sulfide) groups is 1. The van der Waals surface area contributed by atoms with Crippen molar-refractivity contribution in [2.75, 3.05) is 6.26 Å². The first kappa shape index (κ1) is 18.3. The maximum Gasteiger partial charge on any atom is 0.271 e. The Kier molecular flexibility index (Phi) is 5.06. The van der Waals surface area contributed by atoms with E-state index >= 15 is 0 Å². The van der Waals surface area contributed by atoms with Gasteiger partial charge < -0.3 is 5.32 Å². The predicted molar refractivity (Wildman–Crippen MR) is 110 cm³/mol. The van der Waals surface area contributed by atoms with Gasteiger partial charge in [-0.15, -0.1) is 23.1 Å². The summed E-state index contributed by atoms with van der Waals surface area (Å²) in [6, 6.07) is 7.87. The SMILES string of the molecule is CSc1ccc([C@H](C)NC(=O)c2cnc3sc4c(n3c2=O)CCCC4)cc1. The first-order chi connectivity index (χ1) is 13.1. The van der Waals surface area contributed by atoms with E-state index in [1.165, 1.54) is 16.0 Å². The molecule has 0 unspecified atom stereocenters. The summed E-state index contributed by atoms with van der Waals surface area (Å²) < 4.78 is 1.64. The number of amides is 1. The zero-order valence-electron chi connectivity index (χ0n) is 15.3. The van der Waals surface area contributed by atoms with Crippen molar-refractivity contribution in [3.05, 3.63) is 62.5 Å². The van der Waals surface area contributed by atoms with Gasteiger partial charge in [0.2, 0.25) is 0 Å². The van der Waals surface area contributed by atoms with E-state index in [4.69, 9.17) is 0 Å². The third-order valence-electron chi connectivity index (χ3n) is 5.01.